The fraction of sp³-hybridized carbons (Fsp3) is 0.476. The molecule has 1 aromatic rings. The van der Waals surface area contributed by atoms with Crippen LogP contribution in [0.3, 0.4) is 0 Å². The summed E-state index contributed by atoms with van der Waals surface area (Å²) in [4.78, 5) is 13.7. The first-order chi connectivity index (χ1) is 12.8. The van der Waals surface area contributed by atoms with Crippen LogP contribution in [-0.2, 0) is 9.53 Å². The Morgan fingerprint density at radius 3 is 2.52 bits per heavy atom. The van der Waals surface area contributed by atoms with Gasteiger partial charge in [0.05, 0.1) is 13.2 Å². The minimum atomic E-state index is -1.05. The third-order valence-electron chi connectivity index (χ3n) is 4.24. The van der Waals surface area contributed by atoms with Crippen LogP contribution in [0.2, 0.25) is 5.02 Å². The van der Waals surface area contributed by atoms with Crippen LogP contribution in [0.25, 0.3) is 0 Å². The first-order valence-corrected chi connectivity index (χ1v) is 10.3. The second kappa shape index (κ2) is 12.3. The van der Waals surface area contributed by atoms with Crippen molar-refractivity contribution in [3.8, 4) is 0 Å². The van der Waals surface area contributed by atoms with E-state index >= 15 is 0 Å². The number of allylic oxidation sites excluding steroid dienone is 2. The van der Waals surface area contributed by atoms with Gasteiger partial charge in [0.15, 0.2) is 6.10 Å². The van der Waals surface area contributed by atoms with E-state index in [4.69, 9.17) is 16.3 Å². The van der Waals surface area contributed by atoms with Gasteiger partial charge < -0.3 is 14.7 Å². The number of benzene rings is 1. The number of ether oxygens (including phenoxy) is 1. The van der Waals surface area contributed by atoms with Crippen molar-refractivity contribution in [3.63, 3.8) is 0 Å². The van der Waals surface area contributed by atoms with Crippen LogP contribution >= 0.6 is 27.5 Å². The Morgan fingerprint density at radius 1 is 1.37 bits per heavy atom. The molecular weight excluding hydrogens is 430 g/mol. The summed E-state index contributed by atoms with van der Waals surface area (Å²) >= 11 is 9.20. The molecule has 0 aliphatic carbocycles. The standard InChI is InChI=1S/C13H21NO3.C8H8BrCl/c1-3-5-11(6-4-2)12(15)13(16)14-7-9-17-10-8-14;1-5-3-7(10)4-8(9)6(5)2/h3,5-6,12,15H,4,7-10H2,1-2H3;3-4H,1-2H3/b5-3-,11-6+;. The molecule has 1 N–H and O–H groups in total. The number of hydrogen-bond acceptors (Lipinski definition) is 3. The zero-order valence-corrected chi connectivity index (χ0v) is 18.8. The predicted octanol–water partition coefficient (Wildman–Crippen LogP) is 4.84. The van der Waals surface area contributed by atoms with E-state index in [0.29, 0.717) is 31.9 Å². The van der Waals surface area contributed by atoms with Crippen molar-refractivity contribution in [2.75, 3.05) is 26.3 Å². The normalized spacial score (nSPS) is 16.1. The first-order valence-electron chi connectivity index (χ1n) is 9.11. The lowest BCUT2D eigenvalue weighted by molar-refractivity contribution is -0.142. The predicted molar refractivity (Wildman–Crippen MR) is 115 cm³/mol. The van der Waals surface area contributed by atoms with Crippen molar-refractivity contribution in [2.45, 2.75) is 40.2 Å². The van der Waals surface area contributed by atoms with Crippen molar-refractivity contribution in [3.05, 3.63) is 56.6 Å². The average molecular weight is 459 g/mol. The molecule has 0 radical (unpaired) electrons. The Bertz CT molecular complexity index is 659. The van der Waals surface area contributed by atoms with E-state index in [1.165, 1.54) is 11.1 Å². The molecule has 1 fully saturated rings. The number of carbonyl (C=O) groups is 1. The van der Waals surface area contributed by atoms with Crippen molar-refractivity contribution in [2.24, 2.45) is 0 Å². The second-order valence-electron chi connectivity index (χ2n) is 6.28. The monoisotopic (exact) mass is 457 g/mol. The summed E-state index contributed by atoms with van der Waals surface area (Å²) in [5.74, 6) is -0.230. The maximum Gasteiger partial charge on any atom is 0.256 e. The molecule has 1 unspecified atom stereocenters. The number of aryl methyl sites for hydroxylation is 1. The number of nitrogens with zero attached hydrogens (tertiary/aromatic N) is 1. The number of morpholine rings is 1. The summed E-state index contributed by atoms with van der Waals surface area (Å²) in [5, 5.41) is 10.8. The van der Waals surface area contributed by atoms with E-state index in [-0.39, 0.29) is 5.91 Å². The highest BCUT2D eigenvalue weighted by Crippen LogP contribution is 2.23. The molecule has 27 heavy (non-hydrogen) atoms. The van der Waals surface area contributed by atoms with Gasteiger partial charge in [-0.1, -0.05) is 52.7 Å². The summed E-state index contributed by atoms with van der Waals surface area (Å²) < 4.78 is 6.26. The van der Waals surface area contributed by atoms with Gasteiger partial charge in [0.25, 0.3) is 5.91 Å². The van der Waals surface area contributed by atoms with Crippen LogP contribution in [0, 0.1) is 13.8 Å². The maximum absolute atomic E-state index is 12.0. The fourth-order valence-corrected chi connectivity index (χ4v) is 3.54. The number of halogens is 2. The molecule has 6 heteroatoms. The maximum atomic E-state index is 12.0. The Morgan fingerprint density at radius 2 is 2.00 bits per heavy atom. The van der Waals surface area contributed by atoms with Crippen LogP contribution < -0.4 is 0 Å². The first kappa shape index (κ1) is 23.9. The average Bonchev–Trinajstić information content (AvgIpc) is 2.66. The van der Waals surface area contributed by atoms with E-state index < -0.39 is 6.10 Å². The number of carbonyl (C=O) groups excluding carboxylic acids is 1. The van der Waals surface area contributed by atoms with Gasteiger partial charge in [-0.15, -0.1) is 0 Å². The van der Waals surface area contributed by atoms with Gasteiger partial charge in [-0.25, -0.2) is 0 Å². The fourth-order valence-electron chi connectivity index (χ4n) is 2.57. The molecular formula is C21H29BrClNO3. The van der Waals surface area contributed by atoms with Crippen molar-refractivity contribution >= 4 is 33.4 Å². The zero-order valence-electron chi connectivity index (χ0n) is 16.5. The molecule has 0 bridgehead atoms. The molecule has 1 aromatic carbocycles. The molecule has 1 aliphatic rings. The smallest absolute Gasteiger partial charge is 0.256 e. The Kier molecular flexibility index (Phi) is 10.9. The van der Waals surface area contributed by atoms with E-state index in [2.05, 4.69) is 22.9 Å². The lowest BCUT2D eigenvalue weighted by Crippen LogP contribution is -2.46. The number of aliphatic hydroxyl groups excluding tert-OH is 1. The number of aliphatic hydroxyl groups is 1. The van der Waals surface area contributed by atoms with Crippen LogP contribution in [0.15, 0.2) is 40.4 Å². The molecule has 0 saturated carbocycles. The van der Waals surface area contributed by atoms with Crippen LogP contribution in [0.5, 0.6) is 0 Å². The lowest BCUT2D eigenvalue weighted by Gasteiger charge is -2.29. The SMILES string of the molecule is C/C=C\C(=C/CC)C(O)C(=O)N1CCOCC1.Cc1cc(Cl)cc(Br)c1C. The summed E-state index contributed by atoms with van der Waals surface area (Å²) in [6.07, 6.45) is 5.24. The minimum Gasteiger partial charge on any atom is -0.378 e. The van der Waals surface area contributed by atoms with E-state index in [9.17, 15) is 9.90 Å². The quantitative estimate of drug-likeness (QED) is 0.657. The van der Waals surface area contributed by atoms with Crippen LogP contribution in [-0.4, -0.2) is 48.3 Å². The van der Waals surface area contributed by atoms with Gasteiger partial charge >= 0.3 is 0 Å². The highest BCUT2D eigenvalue weighted by Gasteiger charge is 2.25. The van der Waals surface area contributed by atoms with E-state index in [0.717, 1.165) is 15.9 Å². The lowest BCUT2D eigenvalue weighted by atomic mass is 10.1. The summed E-state index contributed by atoms with van der Waals surface area (Å²) in [7, 11) is 0. The Labute approximate surface area is 176 Å². The van der Waals surface area contributed by atoms with Gasteiger partial charge in [-0.3, -0.25) is 4.79 Å². The third kappa shape index (κ3) is 7.78. The van der Waals surface area contributed by atoms with Crippen molar-refractivity contribution in [1.29, 1.82) is 0 Å². The second-order valence-corrected chi connectivity index (χ2v) is 7.57. The van der Waals surface area contributed by atoms with Gasteiger partial charge in [0.1, 0.15) is 0 Å². The summed E-state index contributed by atoms with van der Waals surface area (Å²) in [5.41, 5.74) is 3.15. The highest BCUT2D eigenvalue weighted by atomic mass is 79.9. The molecule has 1 heterocycles. The number of rotatable bonds is 4. The number of hydrogen-bond donors (Lipinski definition) is 1. The molecule has 1 amide bonds. The van der Waals surface area contributed by atoms with Crippen LogP contribution in [0.4, 0.5) is 0 Å². The molecule has 1 saturated heterocycles. The Hall–Kier alpha value is -1.14. The topological polar surface area (TPSA) is 49.8 Å². The molecule has 150 valence electrons. The van der Waals surface area contributed by atoms with Crippen LogP contribution in [0.1, 0.15) is 31.4 Å². The molecule has 1 aliphatic heterocycles. The van der Waals surface area contributed by atoms with Crippen molar-refractivity contribution < 1.29 is 14.6 Å². The molecule has 4 nitrogen and oxygen atoms in total. The third-order valence-corrected chi connectivity index (χ3v) is 5.28. The van der Waals surface area contributed by atoms with Crippen molar-refractivity contribution in [1.82, 2.24) is 4.90 Å². The highest BCUT2D eigenvalue weighted by molar-refractivity contribution is 9.10. The zero-order chi connectivity index (χ0) is 20.4. The molecule has 0 aromatic heterocycles. The molecule has 0 spiro atoms. The minimum absolute atomic E-state index is 0.230. The molecule has 1 atom stereocenters. The van der Waals surface area contributed by atoms with E-state index in [1.54, 1.807) is 11.0 Å². The largest absolute Gasteiger partial charge is 0.378 e. The summed E-state index contributed by atoms with van der Waals surface area (Å²) in [6.45, 7) is 10.2. The summed E-state index contributed by atoms with van der Waals surface area (Å²) in [6, 6.07) is 3.87. The van der Waals surface area contributed by atoms with E-state index in [1.807, 2.05) is 45.1 Å². The Balaban J connectivity index is 0.000000309. The molecule has 2 rings (SSSR count). The van der Waals surface area contributed by atoms with Gasteiger partial charge in [0.2, 0.25) is 0 Å². The number of amides is 1. The van der Waals surface area contributed by atoms with Gasteiger partial charge in [0, 0.05) is 22.6 Å². The van der Waals surface area contributed by atoms with Gasteiger partial charge in [-0.05, 0) is 56.0 Å². The van der Waals surface area contributed by atoms with Gasteiger partial charge in [-0.2, -0.15) is 0 Å².